The van der Waals surface area contributed by atoms with E-state index in [0.717, 1.165) is 12.8 Å². The molecule has 0 saturated carbocycles. The van der Waals surface area contributed by atoms with E-state index in [2.05, 4.69) is 15.6 Å². The molecule has 1 aliphatic heterocycles. The number of ether oxygens (including phenoxy) is 2. The highest BCUT2D eigenvalue weighted by molar-refractivity contribution is 7.88. The van der Waals surface area contributed by atoms with Crippen LogP contribution in [0.2, 0.25) is 0 Å². The normalized spacial score (nSPS) is 14.6. The van der Waals surface area contributed by atoms with Crippen LogP contribution < -0.4 is 0 Å². The van der Waals surface area contributed by atoms with Crippen molar-refractivity contribution in [3.63, 3.8) is 0 Å². The zero-order valence-corrected chi connectivity index (χ0v) is 21.4. The first kappa shape index (κ1) is 30.0. The van der Waals surface area contributed by atoms with E-state index in [1.165, 1.54) is 18.2 Å². The summed E-state index contributed by atoms with van der Waals surface area (Å²) in [4.78, 5) is 47.7. The molecule has 0 spiro atoms. The van der Waals surface area contributed by atoms with Crippen molar-refractivity contribution in [3.8, 4) is 0 Å². The number of esters is 2. The zero-order valence-electron chi connectivity index (χ0n) is 20.5. The van der Waals surface area contributed by atoms with Crippen molar-refractivity contribution in [3.05, 3.63) is 47.5 Å². The third-order valence-corrected chi connectivity index (χ3v) is 6.51. The van der Waals surface area contributed by atoms with Gasteiger partial charge in [-0.25, -0.2) is 9.59 Å². The van der Waals surface area contributed by atoms with Gasteiger partial charge in [0.15, 0.2) is 0 Å². The van der Waals surface area contributed by atoms with Gasteiger partial charge < -0.3 is 9.47 Å². The van der Waals surface area contributed by atoms with E-state index in [1.54, 1.807) is 19.9 Å². The minimum Gasteiger partial charge on any atom is -0.460 e. The third kappa shape index (κ3) is 7.89. The lowest BCUT2D eigenvalue weighted by atomic mass is 10.00. The average Bonchev–Trinajstić information content (AvgIpc) is 2.82. The van der Waals surface area contributed by atoms with Gasteiger partial charge >= 0.3 is 27.3 Å². The highest BCUT2D eigenvalue weighted by Gasteiger charge is 2.58. The molecule has 0 saturated heterocycles. The molecule has 1 unspecified atom stereocenters. The van der Waals surface area contributed by atoms with Gasteiger partial charge in [0.2, 0.25) is 0 Å². The third-order valence-electron chi connectivity index (χ3n) is 5.37. The van der Waals surface area contributed by atoms with Crippen LogP contribution in [0.5, 0.6) is 0 Å². The molecule has 1 aromatic rings. The fraction of sp³-hybridized carbons (Fsp3) is 0.500. The Morgan fingerprint density at radius 2 is 1.73 bits per heavy atom. The minimum atomic E-state index is -6.07. The van der Waals surface area contributed by atoms with Crippen molar-refractivity contribution in [2.24, 2.45) is 0 Å². The molecule has 1 heterocycles. The number of benzene rings is 1. The van der Waals surface area contributed by atoms with Gasteiger partial charge in [0, 0.05) is 11.1 Å². The van der Waals surface area contributed by atoms with Crippen LogP contribution in [-0.2, 0) is 44.7 Å². The smallest absolute Gasteiger partial charge is 0.460 e. The van der Waals surface area contributed by atoms with Crippen LogP contribution in [0.15, 0.2) is 36.4 Å². The first-order chi connectivity index (χ1) is 17.3. The zero-order chi connectivity index (χ0) is 27.8. The number of carbonyl (C=O) groups excluding carboxylic acids is 4. The van der Waals surface area contributed by atoms with Crippen LogP contribution in [0.3, 0.4) is 0 Å². The molecule has 10 nitrogen and oxygen atoms in total. The fourth-order valence-electron chi connectivity index (χ4n) is 3.32. The summed E-state index contributed by atoms with van der Waals surface area (Å²) in [6, 6.07) is 5.71. The molecule has 37 heavy (non-hydrogen) atoms. The summed E-state index contributed by atoms with van der Waals surface area (Å²) < 4.78 is 66.4. The molecular formula is C24H29F2NO9S. The highest BCUT2D eigenvalue weighted by Crippen LogP contribution is 2.29. The molecule has 2 amide bonds. The number of fused-ring (bicyclic) bond motifs is 1. The number of hydrogen-bond acceptors (Lipinski definition) is 9. The SMILES string of the molecule is C=C(C)C(=O)OC(C)CCCCCCCOC(=O)C(F)(F)S(=O)(=O)ON1C(=O)Cc2ccccc2C1=O. The molecular weight excluding hydrogens is 516 g/mol. The minimum absolute atomic E-state index is 0.0921. The number of carbonyl (C=O) groups is 4. The Balaban J connectivity index is 1.76. The van der Waals surface area contributed by atoms with E-state index in [4.69, 9.17) is 4.74 Å². The van der Waals surface area contributed by atoms with E-state index in [0.29, 0.717) is 24.8 Å². The van der Waals surface area contributed by atoms with Crippen molar-refractivity contribution < 1.29 is 50.1 Å². The standard InChI is InChI=1S/C24H29F2NO9S/c1-16(2)22(30)35-17(3)11-7-5-4-6-10-14-34-23(31)24(25,26)37(32,33)36-27-20(28)15-18-12-8-9-13-19(18)21(27)29/h8-9,12-13,17H,1,4-7,10-11,14-15H2,2-3H3. The van der Waals surface area contributed by atoms with Gasteiger partial charge in [-0.3, -0.25) is 9.59 Å². The Morgan fingerprint density at radius 1 is 1.11 bits per heavy atom. The lowest BCUT2D eigenvalue weighted by molar-refractivity contribution is -0.165. The molecule has 0 radical (unpaired) electrons. The lowest BCUT2D eigenvalue weighted by Crippen LogP contribution is -2.49. The Labute approximate surface area is 213 Å². The molecule has 0 N–H and O–H groups in total. The molecule has 1 aromatic carbocycles. The van der Waals surface area contributed by atoms with Gasteiger partial charge in [-0.1, -0.05) is 44.0 Å². The predicted octanol–water partition coefficient (Wildman–Crippen LogP) is 3.46. The summed E-state index contributed by atoms with van der Waals surface area (Å²) in [7, 11) is -6.07. The molecule has 1 aliphatic rings. The second-order valence-electron chi connectivity index (χ2n) is 8.56. The van der Waals surface area contributed by atoms with Gasteiger partial charge in [0.1, 0.15) is 0 Å². The summed E-state index contributed by atoms with van der Waals surface area (Å²) in [5, 5.41) is -5.44. The van der Waals surface area contributed by atoms with Crippen molar-refractivity contribution in [2.45, 2.75) is 70.2 Å². The number of hydroxylamine groups is 2. The van der Waals surface area contributed by atoms with E-state index in [-0.39, 0.29) is 28.7 Å². The van der Waals surface area contributed by atoms with Gasteiger partial charge in [0.25, 0.3) is 11.8 Å². The topological polar surface area (TPSA) is 133 Å². The van der Waals surface area contributed by atoms with Crippen LogP contribution in [0.25, 0.3) is 0 Å². The number of amides is 2. The Hall–Kier alpha value is -3.19. The quantitative estimate of drug-likeness (QED) is 0.149. The molecule has 0 fully saturated rings. The molecule has 0 aliphatic carbocycles. The Kier molecular flexibility index (Phi) is 10.4. The monoisotopic (exact) mass is 545 g/mol. The average molecular weight is 546 g/mol. The highest BCUT2D eigenvalue weighted by atomic mass is 32.2. The van der Waals surface area contributed by atoms with Crippen molar-refractivity contribution in [2.75, 3.05) is 6.61 Å². The first-order valence-electron chi connectivity index (χ1n) is 11.6. The summed E-state index contributed by atoms with van der Waals surface area (Å²) in [5.41, 5.74) is 0.498. The van der Waals surface area contributed by atoms with Crippen molar-refractivity contribution >= 4 is 33.9 Å². The molecule has 2 rings (SSSR count). The van der Waals surface area contributed by atoms with E-state index >= 15 is 0 Å². The van der Waals surface area contributed by atoms with Crippen molar-refractivity contribution in [1.82, 2.24) is 5.06 Å². The van der Waals surface area contributed by atoms with E-state index < -0.39 is 52.2 Å². The second-order valence-corrected chi connectivity index (χ2v) is 10.1. The summed E-state index contributed by atoms with van der Waals surface area (Å²) in [6.07, 6.45) is 2.79. The van der Waals surface area contributed by atoms with Crippen LogP contribution in [0, 0.1) is 0 Å². The van der Waals surface area contributed by atoms with Gasteiger partial charge in [-0.05, 0) is 44.7 Å². The fourth-order valence-corrected chi connectivity index (χ4v) is 4.02. The van der Waals surface area contributed by atoms with E-state index in [1.807, 2.05) is 0 Å². The predicted molar refractivity (Wildman–Crippen MR) is 125 cm³/mol. The summed E-state index contributed by atoms with van der Waals surface area (Å²) in [6.45, 7) is 6.34. The molecule has 0 bridgehead atoms. The van der Waals surface area contributed by atoms with Crippen LogP contribution >= 0.6 is 0 Å². The van der Waals surface area contributed by atoms with Gasteiger partial charge in [0.05, 0.1) is 19.1 Å². The van der Waals surface area contributed by atoms with Crippen LogP contribution in [-0.4, -0.2) is 55.2 Å². The number of rotatable bonds is 14. The maximum absolute atomic E-state index is 14.3. The molecule has 204 valence electrons. The lowest BCUT2D eigenvalue weighted by Gasteiger charge is -2.26. The van der Waals surface area contributed by atoms with Gasteiger partial charge in [-0.15, -0.1) is 9.35 Å². The Bertz CT molecular complexity index is 1150. The van der Waals surface area contributed by atoms with Gasteiger partial charge in [-0.2, -0.15) is 17.2 Å². The maximum Gasteiger partial charge on any atom is 0.467 e. The number of imide groups is 1. The number of hydrogen-bond donors (Lipinski definition) is 0. The van der Waals surface area contributed by atoms with E-state index in [9.17, 15) is 36.4 Å². The maximum atomic E-state index is 14.3. The molecule has 13 heteroatoms. The Morgan fingerprint density at radius 3 is 2.41 bits per heavy atom. The van der Waals surface area contributed by atoms with Crippen LogP contribution in [0.1, 0.15) is 68.3 Å². The number of alkyl halides is 2. The second kappa shape index (κ2) is 12.9. The number of halogens is 2. The summed E-state index contributed by atoms with van der Waals surface area (Å²) >= 11 is 0. The molecule has 1 atom stereocenters. The largest absolute Gasteiger partial charge is 0.467 e. The summed E-state index contributed by atoms with van der Waals surface area (Å²) in [5.74, 6) is -5.27. The van der Waals surface area contributed by atoms with Crippen LogP contribution in [0.4, 0.5) is 8.78 Å². The van der Waals surface area contributed by atoms with Crippen molar-refractivity contribution in [1.29, 1.82) is 0 Å². The molecule has 0 aromatic heterocycles. The number of unbranched alkanes of at least 4 members (excludes halogenated alkanes) is 4. The number of nitrogens with zero attached hydrogens (tertiary/aromatic N) is 1. The first-order valence-corrected chi connectivity index (χ1v) is 13.0.